The summed E-state index contributed by atoms with van der Waals surface area (Å²) in [6.45, 7) is 2.08. The molecule has 1 N–H and O–H groups in total. The Morgan fingerprint density at radius 2 is 1.08 bits per heavy atom. The first-order valence-electron chi connectivity index (χ1n) is 24.6. The van der Waals surface area contributed by atoms with E-state index in [4.69, 9.17) is 23.7 Å². The molecule has 12 heteroatoms. The second-order valence-corrected chi connectivity index (χ2v) is 17.9. The first-order chi connectivity index (χ1) is 36.3. The molecule has 1 amide bonds. The van der Waals surface area contributed by atoms with Crippen LogP contribution in [0.5, 0.6) is 17.2 Å². The fourth-order valence-corrected chi connectivity index (χ4v) is 8.69. The van der Waals surface area contributed by atoms with E-state index in [1.54, 1.807) is 30.3 Å². The van der Waals surface area contributed by atoms with E-state index in [0.717, 1.165) is 27.8 Å². The Morgan fingerprint density at radius 1 is 0.541 bits per heavy atom. The lowest BCUT2D eigenvalue weighted by Crippen LogP contribution is -2.50. The summed E-state index contributed by atoms with van der Waals surface area (Å²) in [5.74, 6) is -1.96. The maximum Gasteiger partial charge on any atom is 0.340 e. The van der Waals surface area contributed by atoms with Gasteiger partial charge in [-0.15, -0.1) is 0 Å². The normalized spacial score (nSPS) is 14.4. The number of nitrogens with zero attached hydrogens (tertiary/aromatic N) is 2. The summed E-state index contributed by atoms with van der Waals surface area (Å²) in [5, 5.41) is 3.21. The second kappa shape index (κ2) is 25.0. The van der Waals surface area contributed by atoms with Crippen molar-refractivity contribution < 1.29 is 42.9 Å². The predicted molar refractivity (Wildman–Crippen MR) is 280 cm³/mol. The van der Waals surface area contributed by atoms with Crippen LogP contribution in [0.2, 0.25) is 0 Å². The van der Waals surface area contributed by atoms with Gasteiger partial charge in [-0.3, -0.25) is 19.5 Å². The van der Waals surface area contributed by atoms with E-state index in [2.05, 4.69) is 27.3 Å². The molecular formula is C62H55N3O9. The van der Waals surface area contributed by atoms with E-state index < -0.39 is 29.9 Å². The number of ketones is 1. The van der Waals surface area contributed by atoms with Gasteiger partial charge in [0.2, 0.25) is 5.78 Å². The number of pyridine rings is 1. The van der Waals surface area contributed by atoms with Gasteiger partial charge in [0.15, 0.2) is 0 Å². The third-order valence-corrected chi connectivity index (χ3v) is 12.5. The third-order valence-electron chi connectivity index (χ3n) is 12.5. The lowest BCUT2D eigenvalue weighted by Gasteiger charge is -2.29. The highest BCUT2D eigenvalue weighted by atomic mass is 16.5. The minimum absolute atomic E-state index is 0.00145. The van der Waals surface area contributed by atoms with E-state index >= 15 is 9.59 Å². The molecule has 8 aromatic rings. The molecule has 0 saturated carbocycles. The highest BCUT2D eigenvalue weighted by molar-refractivity contribution is 6.18. The summed E-state index contributed by atoms with van der Waals surface area (Å²) in [7, 11) is 0. The first-order valence-corrected chi connectivity index (χ1v) is 24.6. The average molecular weight is 986 g/mol. The number of carbonyl (C=O) groups excluding carboxylic acids is 4. The summed E-state index contributed by atoms with van der Waals surface area (Å²) in [4.78, 5) is 65.2. The van der Waals surface area contributed by atoms with Gasteiger partial charge in [0, 0.05) is 30.9 Å². The minimum atomic E-state index is -0.868. The van der Waals surface area contributed by atoms with Gasteiger partial charge in [-0.1, -0.05) is 152 Å². The Kier molecular flexibility index (Phi) is 16.9. The number of esters is 2. The fourth-order valence-electron chi connectivity index (χ4n) is 8.69. The van der Waals surface area contributed by atoms with Gasteiger partial charge in [0.1, 0.15) is 55.5 Å². The van der Waals surface area contributed by atoms with Crippen LogP contribution in [0.3, 0.4) is 0 Å². The Morgan fingerprint density at radius 3 is 1.68 bits per heavy atom. The van der Waals surface area contributed by atoms with Gasteiger partial charge in [-0.2, -0.15) is 0 Å². The molecule has 7 aromatic carbocycles. The zero-order valence-corrected chi connectivity index (χ0v) is 40.7. The lowest BCUT2D eigenvalue weighted by molar-refractivity contribution is 0.0173. The zero-order valence-electron chi connectivity index (χ0n) is 40.7. The third kappa shape index (κ3) is 13.5. The van der Waals surface area contributed by atoms with Crippen LogP contribution >= 0.6 is 0 Å². The molecule has 2 atom stereocenters. The quantitative estimate of drug-likeness (QED) is 0.0576. The van der Waals surface area contributed by atoms with Crippen LogP contribution in [-0.4, -0.2) is 58.7 Å². The van der Waals surface area contributed by atoms with Crippen LogP contribution in [0.4, 0.5) is 0 Å². The molecule has 2 heterocycles. The standard InChI is InChI=1S/C62H55N3O9/c66-59(58-52(28-16-34-63-58)61(68)73-43-48-26-14-5-15-27-48)57-53(36-51(71-41-46-22-10-3-11-23-46)37-56(57)72-42-47-24-12-4-13-25-47)62(69)74-55-29-17-35-65(38-44-18-6-1-7-19-44)39-54(55)64-60(67)49-30-32-50(33-31-49)70-40-45-20-8-2-9-21-45/h1-16,18-28,30-34,36-37,54-55H,17,29,35,38-43H2,(H,64,67). The maximum atomic E-state index is 15.3. The monoisotopic (exact) mass is 985 g/mol. The number of amides is 1. The maximum absolute atomic E-state index is 15.3. The summed E-state index contributed by atoms with van der Waals surface area (Å²) < 4.78 is 31.1. The molecule has 74 heavy (non-hydrogen) atoms. The lowest BCUT2D eigenvalue weighted by atomic mass is 9.96. The van der Waals surface area contributed by atoms with Crippen molar-refractivity contribution in [3.8, 4) is 17.2 Å². The molecule has 2 unspecified atom stereocenters. The number of carbonyl (C=O) groups is 4. The van der Waals surface area contributed by atoms with Crippen molar-refractivity contribution in [1.29, 1.82) is 0 Å². The van der Waals surface area contributed by atoms with E-state index in [9.17, 15) is 9.59 Å². The largest absolute Gasteiger partial charge is 0.489 e. The highest BCUT2D eigenvalue weighted by Crippen LogP contribution is 2.34. The summed E-state index contributed by atoms with van der Waals surface area (Å²) in [5.41, 5.74) is 4.18. The van der Waals surface area contributed by atoms with Crippen molar-refractivity contribution in [2.45, 2.75) is 58.0 Å². The van der Waals surface area contributed by atoms with Gasteiger partial charge < -0.3 is 29.0 Å². The van der Waals surface area contributed by atoms with Crippen LogP contribution < -0.4 is 19.5 Å². The zero-order chi connectivity index (χ0) is 50.9. The molecule has 0 radical (unpaired) electrons. The first kappa shape index (κ1) is 50.1. The van der Waals surface area contributed by atoms with Crippen molar-refractivity contribution in [2.24, 2.45) is 0 Å². The van der Waals surface area contributed by atoms with Crippen LogP contribution in [0, 0.1) is 0 Å². The van der Waals surface area contributed by atoms with Crippen molar-refractivity contribution in [3.05, 3.63) is 262 Å². The van der Waals surface area contributed by atoms with Gasteiger partial charge in [-0.05, 0) is 89.7 Å². The van der Waals surface area contributed by atoms with E-state index in [0.29, 0.717) is 50.4 Å². The molecule has 9 rings (SSSR count). The number of rotatable bonds is 20. The average Bonchev–Trinajstić information content (AvgIpc) is 3.64. The molecule has 1 fully saturated rings. The topological polar surface area (TPSA) is 143 Å². The molecular weight excluding hydrogens is 931 g/mol. The highest BCUT2D eigenvalue weighted by Gasteiger charge is 2.35. The Hall–Kier alpha value is -8.87. The van der Waals surface area contributed by atoms with Crippen molar-refractivity contribution >= 4 is 23.6 Å². The molecule has 0 bridgehead atoms. The van der Waals surface area contributed by atoms with Crippen LogP contribution in [-0.2, 0) is 42.4 Å². The smallest absolute Gasteiger partial charge is 0.340 e. The number of benzene rings is 7. The number of nitrogens with one attached hydrogen (secondary N) is 1. The molecule has 1 aliphatic rings. The fraction of sp³-hybridized carbons (Fsp3) is 0.177. The van der Waals surface area contributed by atoms with E-state index in [-0.39, 0.29) is 59.6 Å². The Balaban J connectivity index is 1.06. The molecule has 12 nitrogen and oxygen atoms in total. The van der Waals surface area contributed by atoms with Gasteiger partial charge in [0.05, 0.1) is 22.7 Å². The Labute approximate surface area is 430 Å². The molecule has 1 aromatic heterocycles. The molecule has 1 aliphatic heterocycles. The predicted octanol–water partition coefficient (Wildman–Crippen LogP) is 11.0. The second-order valence-electron chi connectivity index (χ2n) is 17.9. The van der Waals surface area contributed by atoms with Gasteiger partial charge in [-0.25, -0.2) is 9.59 Å². The van der Waals surface area contributed by atoms with Gasteiger partial charge in [0.25, 0.3) is 5.91 Å². The van der Waals surface area contributed by atoms with Crippen LogP contribution in [0.15, 0.2) is 206 Å². The van der Waals surface area contributed by atoms with Gasteiger partial charge >= 0.3 is 11.9 Å². The number of hydrogen-bond donors (Lipinski definition) is 1. The van der Waals surface area contributed by atoms with Crippen LogP contribution in [0.25, 0.3) is 0 Å². The van der Waals surface area contributed by atoms with Crippen molar-refractivity contribution in [1.82, 2.24) is 15.2 Å². The number of likely N-dealkylation sites (tertiary alicyclic amines) is 1. The number of aromatic nitrogens is 1. The number of ether oxygens (including phenoxy) is 5. The van der Waals surface area contributed by atoms with Crippen molar-refractivity contribution in [3.63, 3.8) is 0 Å². The molecule has 1 saturated heterocycles. The summed E-state index contributed by atoms with van der Waals surface area (Å²) in [6, 6.07) is 60.1. The van der Waals surface area contributed by atoms with Crippen LogP contribution in [0.1, 0.15) is 87.8 Å². The molecule has 0 spiro atoms. The van der Waals surface area contributed by atoms with Crippen molar-refractivity contribution in [2.75, 3.05) is 13.1 Å². The summed E-state index contributed by atoms with van der Waals surface area (Å²) in [6.07, 6.45) is 1.55. The minimum Gasteiger partial charge on any atom is -0.489 e. The van der Waals surface area contributed by atoms with E-state index in [1.807, 2.05) is 140 Å². The SMILES string of the molecule is O=C(NC1CN(Cc2ccccc2)CCCC1OC(=O)c1cc(OCc2ccccc2)cc(OCc2ccccc2)c1C(=O)c1ncccc1C(=O)OCc1ccccc1)c1ccc(OCc2ccccc2)cc1. The van der Waals surface area contributed by atoms with E-state index in [1.165, 1.54) is 24.4 Å². The number of hydrogen-bond acceptors (Lipinski definition) is 11. The summed E-state index contributed by atoms with van der Waals surface area (Å²) >= 11 is 0. The molecule has 0 aliphatic carbocycles. The Bertz CT molecular complexity index is 3120. The molecule has 372 valence electrons.